The number of nitrogens with two attached hydrogens (primary N) is 1. The van der Waals surface area contributed by atoms with Gasteiger partial charge in [-0.15, -0.1) is 0 Å². The maximum absolute atomic E-state index is 11.7. The lowest BCUT2D eigenvalue weighted by molar-refractivity contribution is 0.0940. The summed E-state index contributed by atoms with van der Waals surface area (Å²) in [5, 5.41) is 2.82. The van der Waals surface area contributed by atoms with Gasteiger partial charge in [-0.25, -0.2) is 0 Å². The van der Waals surface area contributed by atoms with E-state index in [9.17, 15) is 4.79 Å². The maximum Gasteiger partial charge on any atom is 0.251 e. The van der Waals surface area contributed by atoms with Gasteiger partial charge in [-0.05, 0) is 25.5 Å². The molecule has 76 valence electrons. The lowest BCUT2D eigenvalue weighted by Crippen LogP contribution is -2.38. The molecule has 14 heavy (non-hydrogen) atoms. The van der Waals surface area contributed by atoms with E-state index < -0.39 is 0 Å². The first-order chi connectivity index (χ1) is 6.65. The molecule has 0 heterocycles. The molecule has 0 aliphatic rings. The van der Waals surface area contributed by atoms with Gasteiger partial charge >= 0.3 is 0 Å². The summed E-state index contributed by atoms with van der Waals surface area (Å²) >= 11 is 0. The first-order valence-electron chi connectivity index (χ1n) is 4.71. The van der Waals surface area contributed by atoms with Gasteiger partial charge in [0.1, 0.15) is 0 Å². The van der Waals surface area contributed by atoms with Crippen molar-refractivity contribution >= 4 is 5.91 Å². The fourth-order valence-corrected chi connectivity index (χ4v) is 1.19. The largest absolute Gasteiger partial charge is 0.348 e. The van der Waals surface area contributed by atoms with Crippen molar-refractivity contribution in [3.05, 3.63) is 35.4 Å². The quantitative estimate of drug-likeness (QED) is 0.752. The number of aryl methyl sites for hydroxylation is 1. The number of amides is 1. The zero-order valence-corrected chi connectivity index (χ0v) is 8.58. The lowest BCUT2D eigenvalue weighted by atomic mass is 10.1. The molecular formula is C11H16N2O. The topological polar surface area (TPSA) is 55.1 Å². The van der Waals surface area contributed by atoms with Gasteiger partial charge in [0, 0.05) is 18.2 Å². The molecular weight excluding hydrogens is 176 g/mol. The van der Waals surface area contributed by atoms with Gasteiger partial charge in [-0.3, -0.25) is 4.79 Å². The zero-order chi connectivity index (χ0) is 10.6. The second-order valence-electron chi connectivity index (χ2n) is 3.43. The standard InChI is InChI=1S/C11H16N2O/c1-8-5-3-4-6-10(8)11(14)13-9(2)7-12/h3-6,9H,7,12H2,1-2H3,(H,13,14). The van der Waals surface area contributed by atoms with E-state index in [1.807, 2.05) is 38.1 Å². The average molecular weight is 192 g/mol. The number of nitrogens with one attached hydrogen (secondary N) is 1. The Labute approximate surface area is 84.3 Å². The van der Waals surface area contributed by atoms with Crippen molar-refractivity contribution in [1.29, 1.82) is 0 Å². The van der Waals surface area contributed by atoms with E-state index in [0.717, 1.165) is 5.56 Å². The minimum Gasteiger partial charge on any atom is -0.348 e. The van der Waals surface area contributed by atoms with E-state index >= 15 is 0 Å². The van der Waals surface area contributed by atoms with E-state index in [-0.39, 0.29) is 11.9 Å². The van der Waals surface area contributed by atoms with Gasteiger partial charge in [0.2, 0.25) is 0 Å². The number of carbonyl (C=O) groups excluding carboxylic acids is 1. The summed E-state index contributed by atoms with van der Waals surface area (Å²) in [6.45, 7) is 4.26. The molecule has 3 nitrogen and oxygen atoms in total. The molecule has 0 aromatic heterocycles. The number of carbonyl (C=O) groups is 1. The molecule has 0 spiro atoms. The van der Waals surface area contributed by atoms with Crippen LogP contribution in [0.1, 0.15) is 22.8 Å². The molecule has 3 N–H and O–H groups in total. The lowest BCUT2D eigenvalue weighted by Gasteiger charge is -2.12. The SMILES string of the molecule is Cc1ccccc1C(=O)NC(C)CN. The molecule has 1 aromatic carbocycles. The second kappa shape index (κ2) is 4.77. The van der Waals surface area contributed by atoms with Crippen LogP contribution in [0, 0.1) is 6.92 Å². The van der Waals surface area contributed by atoms with Gasteiger partial charge in [-0.2, -0.15) is 0 Å². The van der Waals surface area contributed by atoms with Gasteiger partial charge in [0.25, 0.3) is 5.91 Å². The number of hydrogen-bond acceptors (Lipinski definition) is 2. The summed E-state index contributed by atoms with van der Waals surface area (Å²) in [7, 11) is 0. The Bertz CT molecular complexity index is 323. The predicted octanol–water partition coefficient (Wildman–Crippen LogP) is 1.07. The van der Waals surface area contributed by atoms with E-state index in [0.29, 0.717) is 12.1 Å². The van der Waals surface area contributed by atoms with Crippen molar-refractivity contribution in [3.63, 3.8) is 0 Å². The molecule has 1 unspecified atom stereocenters. The molecule has 0 fully saturated rings. The Morgan fingerprint density at radius 1 is 1.50 bits per heavy atom. The zero-order valence-electron chi connectivity index (χ0n) is 8.58. The molecule has 0 bridgehead atoms. The smallest absolute Gasteiger partial charge is 0.251 e. The fraction of sp³-hybridized carbons (Fsp3) is 0.364. The number of benzene rings is 1. The van der Waals surface area contributed by atoms with E-state index in [2.05, 4.69) is 5.32 Å². The van der Waals surface area contributed by atoms with Crippen LogP contribution in [0.15, 0.2) is 24.3 Å². The summed E-state index contributed by atoms with van der Waals surface area (Å²) in [6.07, 6.45) is 0. The van der Waals surface area contributed by atoms with Gasteiger partial charge in [0.15, 0.2) is 0 Å². The molecule has 1 rings (SSSR count). The predicted molar refractivity (Wildman–Crippen MR) is 57.2 cm³/mol. The summed E-state index contributed by atoms with van der Waals surface area (Å²) in [4.78, 5) is 11.7. The monoisotopic (exact) mass is 192 g/mol. The average Bonchev–Trinajstić information content (AvgIpc) is 2.18. The maximum atomic E-state index is 11.7. The summed E-state index contributed by atoms with van der Waals surface area (Å²) in [5.74, 6) is -0.0546. The molecule has 1 aromatic rings. The minimum absolute atomic E-state index is 0.0158. The molecule has 0 aliphatic carbocycles. The van der Waals surface area contributed by atoms with E-state index in [1.165, 1.54) is 0 Å². The summed E-state index contributed by atoms with van der Waals surface area (Å²) in [5.41, 5.74) is 7.12. The van der Waals surface area contributed by atoms with Crippen LogP contribution >= 0.6 is 0 Å². The molecule has 0 saturated heterocycles. The van der Waals surface area contributed by atoms with Gasteiger partial charge in [0.05, 0.1) is 0 Å². The molecule has 0 aliphatic heterocycles. The highest BCUT2D eigenvalue weighted by atomic mass is 16.1. The van der Waals surface area contributed by atoms with Crippen molar-refractivity contribution in [3.8, 4) is 0 Å². The van der Waals surface area contributed by atoms with Crippen LogP contribution < -0.4 is 11.1 Å². The van der Waals surface area contributed by atoms with E-state index in [4.69, 9.17) is 5.73 Å². The first kappa shape index (κ1) is 10.7. The highest BCUT2D eigenvalue weighted by Crippen LogP contribution is 2.06. The van der Waals surface area contributed by atoms with Crippen molar-refractivity contribution in [1.82, 2.24) is 5.32 Å². The van der Waals surface area contributed by atoms with Gasteiger partial charge < -0.3 is 11.1 Å². The van der Waals surface area contributed by atoms with Crippen LogP contribution in [0.3, 0.4) is 0 Å². The number of rotatable bonds is 3. The van der Waals surface area contributed by atoms with Crippen LogP contribution in [0.5, 0.6) is 0 Å². The Hall–Kier alpha value is -1.35. The van der Waals surface area contributed by atoms with Crippen LogP contribution in [0.4, 0.5) is 0 Å². The number of hydrogen-bond donors (Lipinski definition) is 2. The third kappa shape index (κ3) is 2.57. The normalized spacial score (nSPS) is 12.2. The van der Waals surface area contributed by atoms with Crippen LogP contribution in [0.2, 0.25) is 0 Å². The third-order valence-electron chi connectivity index (χ3n) is 2.12. The van der Waals surface area contributed by atoms with E-state index in [1.54, 1.807) is 0 Å². The molecule has 3 heteroatoms. The van der Waals surface area contributed by atoms with Crippen molar-refractivity contribution in [2.75, 3.05) is 6.54 Å². The Morgan fingerprint density at radius 2 is 2.14 bits per heavy atom. The highest BCUT2D eigenvalue weighted by Gasteiger charge is 2.09. The van der Waals surface area contributed by atoms with Crippen LogP contribution in [-0.4, -0.2) is 18.5 Å². The Balaban J connectivity index is 2.75. The molecule has 0 radical (unpaired) electrons. The second-order valence-corrected chi connectivity index (χ2v) is 3.43. The van der Waals surface area contributed by atoms with Crippen molar-refractivity contribution < 1.29 is 4.79 Å². The molecule has 1 atom stereocenters. The minimum atomic E-state index is -0.0546. The van der Waals surface area contributed by atoms with Crippen molar-refractivity contribution in [2.24, 2.45) is 5.73 Å². The Kier molecular flexibility index (Phi) is 3.65. The molecule has 0 saturated carbocycles. The Morgan fingerprint density at radius 3 is 2.71 bits per heavy atom. The first-order valence-corrected chi connectivity index (χ1v) is 4.71. The highest BCUT2D eigenvalue weighted by molar-refractivity contribution is 5.95. The van der Waals surface area contributed by atoms with Gasteiger partial charge in [-0.1, -0.05) is 18.2 Å². The molecule has 1 amide bonds. The third-order valence-corrected chi connectivity index (χ3v) is 2.12. The fourth-order valence-electron chi connectivity index (χ4n) is 1.19. The van der Waals surface area contributed by atoms with Crippen LogP contribution in [0.25, 0.3) is 0 Å². The van der Waals surface area contributed by atoms with Crippen molar-refractivity contribution in [2.45, 2.75) is 19.9 Å². The summed E-state index contributed by atoms with van der Waals surface area (Å²) in [6, 6.07) is 7.52. The van der Waals surface area contributed by atoms with Crippen LogP contribution in [-0.2, 0) is 0 Å². The summed E-state index contributed by atoms with van der Waals surface area (Å²) < 4.78 is 0.